The summed E-state index contributed by atoms with van der Waals surface area (Å²) < 4.78 is 21.6. The Kier molecular flexibility index (Phi) is 7.86. The molecule has 0 saturated heterocycles. The van der Waals surface area contributed by atoms with E-state index in [9.17, 15) is 9.59 Å². The van der Waals surface area contributed by atoms with Gasteiger partial charge in [-0.15, -0.1) is 0 Å². The normalized spacial score (nSPS) is 13.2. The molecule has 4 rings (SSSR count). The third-order valence-electron chi connectivity index (χ3n) is 5.92. The molecule has 1 aliphatic carbocycles. The van der Waals surface area contributed by atoms with Crippen LogP contribution in [0.15, 0.2) is 52.8 Å². The first-order chi connectivity index (χ1) is 18.3. The highest BCUT2D eigenvalue weighted by Gasteiger charge is 2.27. The first-order valence-electron chi connectivity index (χ1n) is 11.6. The largest absolute Gasteiger partial charge is 0.494 e. The number of nitrogens with zero attached hydrogens (tertiary/aromatic N) is 1. The number of pyridine rings is 1. The Bertz CT molecular complexity index is 1390. The Hall–Kier alpha value is -4.93. The molecule has 0 fully saturated rings. The molecule has 2 amide bonds. The summed E-state index contributed by atoms with van der Waals surface area (Å²) in [5.41, 5.74) is 4.98. The number of nitrogens with one attached hydrogen (secondary N) is 3. The highest BCUT2D eigenvalue weighted by Crippen LogP contribution is 2.43. The van der Waals surface area contributed by atoms with E-state index in [1.165, 1.54) is 21.3 Å². The molecular weight excluding hydrogens is 492 g/mol. The molecular formula is C27H28N4O7. The van der Waals surface area contributed by atoms with Crippen LogP contribution in [0.25, 0.3) is 17.3 Å². The van der Waals surface area contributed by atoms with Crippen LogP contribution in [-0.4, -0.2) is 50.0 Å². The number of benzene rings is 1. The molecule has 0 radical (unpaired) electrons. The molecule has 4 N–H and O–H groups in total. The minimum absolute atomic E-state index is 0.238. The number of carbonyl (C=O) groups is 2. The summed E-state index contributed by atoms with van der Waals surface area (Å²) in [6.07, 6.45) is 5.16. The first kappa shape index (κ1) is 26.1. The number of rotatable bonds is 10. The van der Waals surface area contributed by atoms with E-state index in [1.54, 1.807) is 42.8 Å². The molecule has 198 valence electrons. The maximum absolute atomic E-state index is 12.7. The number of hydrogen-bond donors (Lipinski definition) is 4. The Morgan fingerprint density at radius 3 is 2.42 bits per heavy atom. The number of carbonyl (C=O) groups excluding carboxylic acids is 1. The number of hydrogen-bond acceptors (Lipinski definition) is 8. The Balaban J connectivity index is 1.71. The SMILES string of the molecule is COc1cc2c(cn1)/C(=C/c1cc(OC)c(NCC(=O)O)c(OC)c1)C(C)=C2NC(=O)NCc1ccco1. The van der Waals surface area contributed by atoms with Gasteiger partial charge in [0.1, 0.15) is 29.5 Å². The van der Waals surface area contributed by atoms with Gasteiger partial charge in [-0.3, -0.25) is 4.79 Å². The van der Waals surface area contributed by atoms with E-state index in [1.807, 2.05) is 13.0 Å². The summed E-state index contributed by atoms with van der Waals surface area (Å²) in [4.78, 5) is 28.2. The highest BCUT2D eigenvalue weighted by atomic mass is 16.5. The van der Waals surface area contributed by atoms with Crippen LogP contribution in [0.3, 0.4) is 0 Å². The predicted molar refractivity (Wildman–Crippen MR) is 141 cm³/mol. The standard InChI is InChI=1S/C27H28N4O7/c1-15-18(8-16-9-21(35-2)26(22(10-16)36-3)29-14-24(32)33)20-13-28-23(37-4)11-19(20)25(15)31-27(34)30-12-17-6-5-7-38-17/h5-11,13,29H,12,14H2,1-4H3,(H,32,33)(H2,30,31,34)/b18-8+. The van der Waals surface area contributed by atoms with Crippen LogP contribution in [0.2, 0.25) is 0 Å². The van der Waals surface area contributed by atoms with Gasteiger partial charge < -0.3 is 39.7 Å². The summed E-state index contributed by atoms with van der Waals surface area (Å²) in [6, 6.07) is 8.44. The number of urea groups is 1. The van der Waals surface area contributed by atoms with Crippen LogP contribution in [0, 0.1) is 0 Å². The number of ether oxygens (including phenoxy) is 3. The number of allylic oxidation sites excluding steroid dienone is 2. The first-order valence-corrected chi connectivity index (χ1v) is 11.6. The van der Waals surface area contributed by atoms with E-state index in [-0.39, 0.29) is 13.1 Å². The van der Waals surface area contributed by atoms with Gasteiger partial charge in [-0.05, 0) is 54.0 Å². The zero-order valence-electron chi connectivity index (χ0n) is 21.4. The molecule has 11 nitrogen and oxygen atoms in total. The molecule has 2 aromatic heterocycles. The Labute approximate surface area is 219 Å². The number of carboxylic acids is 1. The minimum Gasteiger partial charge on any atom is -0.494 e. The molecule has 0 aliphatic heterocycles. The average Bonchev–Trinajstić information content (AvgIpc) is 3.53. The van der Waals surface area contributed by atoms with Gasteiger partial charge in [0.25, 0.3) is 0 Å². The minimum atomic E-state index is -1.01. The highest BCUT2D eigenvalue weighted by molar-refractivity contribution is 6.07. The van der Waals surface area contributed by atoms with E-state index in [4.69, 9.17) is 23.7 Å². The molecule has 0 spiro atoms. The summed E-state index contributed by atoms with van der Waals surface area (Å²) in [7, 11) is 4.51. The Morgan fingerprint density at radius 2 is 1.82 bits per heavy atom. The van der Waals surface area contributed by atoms with Crippen LogP contribution >= 0.6 is 0 Å². The van der Waals surface area contributed by atoms with Crippen molar-refractivity contribution in [2.75, 3.05) is 33.2 Å². The monoisotopic (exact) mass is 520 g/mol. The lowest BCUT2D eigenvalue weighted by Crippen LogP contribution is -2.33. The van der Waals surface area contributed by atoms with Gasteiger partial charge in [0.05, 0.1) is 39.8 Å². The smallest absolute Gasteiger partial charge is 0.322 e. The van der Waals surface area contributed by atoms with Crippen molar-refractivity contribution < 1.29 is 33.3 Å². The number of aromatic nitrogens is 1. The molecule has 0 saturated carbocycles. The summed E-state index contributed by atoms with van der Waals surface area (Å²) in [6.45, 7) is 1.84. The zero-order valence-corrected chi connectivity index (χ0v) is 21.4. The fourth-order valence-electron chi connectivity index (χ4n) is 4.11. The van der Waals surface area contributed by atoms with Crippen molar-refractivity contribution in [1.82, 2.24) is 15.6 Å². The maximum atomic E-state index is 12.7. The fourth-order valence-corrected chi connectivity index (χ4v) is 4.11. The van der Waals surface area contributed by atoms with Gasteiger partial charge in [0.15, 0.2) is 0 Å². The van der Waals surface area contributed by atoms with Crippen molar-refractivity contribution in [1.29, 1.82) is 0 Å². The number of amides is 2. The maximum Gasteiger partial charge on any atom is 0.322 e. The second-order valence-corrected chi connectivity index (χ2v) is 8.27. The molecule has 11 heteroatoms. The molecule has 1 aromatic carbocycles. The van der Waals surface area contributed by atoms with Gasteiger partial charge in [0, 0.05) is 23.4 Å². The summed E-state index contributed by atoms with van der Waals surface area (Å²) in [5, 5.41) is 17.6. The van der Waals surface area contributed by atoms with E-state index in [2.05, 4.69) is 20.9 Å². The van der Waals surface area contributed by atoms with Crippen molar-refractivity contribution in [3.05, 3.63) is 70.8 Å². The predicted octanol–water partition coefficient (Wildman–Crippen LogP) is 3.98. The van der Waals surface area contributed by atoms with Crippen LogP contribution in [0.1, 0.15) is 29.4 Å². The van der Waals surface area contributed by atoms with Crippen LogP contribution < -0.4 is 30.2 Å². The van der Waals surface area contributed by atoms with Gasteiger partial charge >= 0.3 is 12.0 Å². The molecule has 38 heavy (non-hydrogen) atoms. The van der Waals surface area contributed by atoms with Gasteiger partial charge in [-0.1, -0.05) is 0 Å². The van der Waals surface area contributed by atoms with E-state index in [0.717, 1.165) is 27.8 Å². The number of aliphatic carboxylic acids is 1. The van der Waals surface area contributed by atoms with Gasteiger partial charge in [0.2, 0.25) is 5.88 Å². The van der Waals surface area contributed by atoms with E-state index >= 15 is 0 Å². The second-order valence-electron chi connectivity index (χ2n) is 8.27. The molecule has 0 bridgehead atoms. The Morgan fingerprint density at radius 1 is 1.08 bits per heavy atom. The van der Waals surface area contributed by atoms with Crippen molar-refractivity contribution in [3.8, 4) is 17.4 Å². The van der Waals surface area contributed by atoms with Gasteiger partial charge in [-0.25, -0.2) is 9.78 Å². The van der Waals surface area contributed by atoms with E-state index in [0.29, 0.717) is 34.5 Å². The quantitative estimate of drug-likeness (QED) is 0.312. The van der Waals surface area contributed by atoms with Crippen molar-refractivity contribution in [3.63, 3.8) is 0 Å². The van der Waals surface area contributed by atoms with Crippen LogP contribution in [-0.2, 0) is 11.3 Å². The number of anilines is 1. The molecule has 0 atom stereocenters. The molecule has 3 aromatic rings. The van der Waals surface area contributed by atoms with Crippen molar-refractivity contribution in [2.45, 2.75) is 13.5 Å². The average molecular weight is 521 g/mol. The fraction of sp³-hybridized carbons (Fsp3) is 0.222. The number of furan rings is 1. The molecule has 0 unspecified atom stereocenters. The summed E-state index contributed by atoms with van der Waals surface area (Å²) >= 11 is 0. The van der Waals surface area contributed by atoms with Crippen molar-refractivity contribution >= 4 is 35.0 Å². The number of methoxy groups -OCH3 is 3. The molecule has 2 heterocycles. The third kappa shape index (κ3) is 5.56. The van der Waals surface area contributed by atoms with Crippen LogP contribution in [0.5, 0.6) is 17.4 Å². The lowest BCUT2D eigenvalue weighted by Gasteiger charge is -2.15. The lowest BCUT2D eigenvalue weighted by molar-refractivity contribution is -0.134. The molecule has 1 aliphatic rings. The zero-order chi connectivity index (χ0) is 27.2. The number of fused-ring (bicyclic) bond motifs is 1. The van der Waals surface area contributed by atoms with E-state index < -0.39 is 12.0 Å². The third-order valence-corrected chi connectivity index (χ3v) is 5.92. The topological polar surface area (TPSA) is 144 Å². The second kappa shape index (κ2) is 11.4. The van der Waals surface area contributed by atoms with Crippen molar-refractivity contribution in [2.24, 2.45) is 0 Å². The summed E-state index contributed by atoms with van der Waals surface area (Å²) in [5.74, 6) is 0.861. The number of carboxylic acid groups (broad SMARTS) is 1. The van der Waals surface area contributed by atoms with Crippen LogP contribution in [0.4, 0.5) is 10.5 Å². The lowest BCUT2D eigenvalue weighted by atomic mass is 10.0. The van der Waals surface area contributed by atoms with Gasteiger partial charge in [-0.2, -0.15) is 0 Å².